The fraction of sp³-hybridized carbons (Fsp3) is 0.346. The molecule has 1 amide bonds. The van der Waals surface area contributed by atoms with Crippen LogP contribution in [0.15, 0.2) is 65.1 Å². The van der Waals surface area contributed by atoms with Crippen molar-refractivity contribution in [1.29, 1.82) is 0 Å². The van der Waals surface area contributed by atoms with Crippen LogP contribution < -0.4 is 20.4 Å². The van der Waals surface area contributed by atoms with Crippen LogP contribution in [0.3, 0.4) is 0 Å². The highest BCUT2D eigenvalue weighted by molar-refractivity contribution is 5.90. The predicted molar refractivity (Wildman–Crippen MR) is 140 cm³/mol. The summed E-state index contributed by atoms with van der Waals surface area (Å²) < 4.78 is 33.7. The normalized spacial score (nSPS) is 19.8. The number of carbonyl (C=O) groups is 1. The first-order valence-electron chi connectivity index (χ1n) is 12.6. The second kappa shape index (κ2) is 11.4. The standard InChI is InChI=1S/C26H28F2N8O3/c27-20-3-1-4-22(25(20)28)36(14-23(29)38)15-24(33-34-36)32-26-19-6-5-18(13-21(19)30-16-31-26)39-12-2-9-35-10-7-17(37)8-11-35/h1,3-6,13,15-17,37H,2,7-12,14H2,(H2-,29,30,31,32,38)/p+1. The van der Waals surface area contributed by atoms with Crippen molar-refractivity contribution >= 4 is 28.3 Å². The van der Waals surface area contributed by atoms with E-state index in [4.69, 9.17) is 10.5 Å². The Balaban J connectivity index is 1.28. The zero-order valence-corrected chi connectivity index (χ0v) is 21.1. The summed E-state index contributed by atoms with van der Waals surface area (Å²) in [6.45, 7) is 2.80. The molecule has 13 heteroatoms. The van der Waals surface area contributed by atoms with Gasteiger partial charge in [-0.25, -0.2) is 14.4 Å². The number of piperidine rings is 1. The third kappa shape index (κ3) is 6.00. The molecule has 4 N–H and O–H groups in total. The van der Waals surface area contributed by atoms with Gasteiger partial charge >= 0.3 is 0 Å². The number of nitrogens with one attached hydrogen (secondary N) is 1. The molecule has 2 aromatic carbocycles. The fourth-order valence-corrected chi connectivity index (χ4v) is 4.72. The van der Waals surface area contributed by atoms with Crippen molar-refractivity contribution in [1.82, 2.24) is 19.5 Å². The van der Waals surface area contributed by atoms with Crippen molar-refractivity contribution in [2.45, 2.75) is 25.4 Å². The fourth-order valence-electron chi connectivity index (χ4n) is 4.72. The smallest absolute Gasteiger partial charge is 0.276 e. The van der Waals surface area contributed by atoms with E-state index < -0.39 is 28.7 Å². The first-order valence-corrected chi connectivity index (χ1v) is 12.6. The lowest BCUT2D eigenvalue weighted by Crippen LogP contribution is -2.44. The number of aliphatic hydroxyl groups is 1. The summed E-state index contributed by atoms with van der Waals surface area (Å²) in [6, 6.07) is 9.04. The first kappa shape index (κ1) is 26.5. The Bertz CT molecular complexity index is 1430. The molecule has 39 heavy (non-hydrogen) atoms. The van der Waals surface area contributed by atoms with Gasteiger partial charge in [0.15, 0.2) is 18.6 Å². The van der Waals surface area contributed by atoms with E-state index in [1.54, 1.807) is 6.07 Å². The molecule has 204 valence electrons. The molecule has 0 aliphatic carbocycles. The maximum absolute atomic E-state index is 14.6. The molecular weight excluding hydrogens is 510 g/mol. The van der Waals surface area contributed by atoms with Crippen LogP contribution in [-0.2, 0) is 4.79 Å². The Kier molecular flexibility index (Phi) is 7.72. The topological polar surface area (TPSA) is 138 Å². The number of hydrogen-bond donors (Lipinski definition) is 3. The number of ether oxygens (including phenoxy) is 1. The lowest BCUT2D eigenvalue weighted by Gasteiger charge is -2.29. The highest BCUT2D eigenvalue weighted by Gasteiger charge is 2.41. The minimum Gasteiger partial charge on any atom is -0.493 e. The average Bonchev–Trinajstić information content (AvgIpc) is 3.31. The number of aliphatic hydroxyl groups excluding tert-OH is 1. The van der Waals surface area contributed by atoms with Crippen LogP contribution in [-0.4, -0.2) is 64.8 Å². The number of aromatic nitrogens is 2. The van der Waals surface area contributed by atoms with E-state index in [1.165, 1.54) is 24.7 Å². The molecule has 3 heterocycles. The van der Waals surface area contributed by atoms with E-state index in [-0.39, 0.29) is 17.6 Å². The number of quaternary nitrogens is 1. The molecule has 11 nitrogen and oxygen atoms in total. The number of primary amides is 1. The quantitative estimate of drug-likeness (QED) is 0.266. The number of hydrogen-bond acceptors (Lipinski definition) is 9. The SMILES string of the molecule is NC(=O)C[N+]1(c2cccc(F)c2F)C=C(Nc2ncnc3cc(OCCCN4CCC(O)CC4)ccc23)N=N1. The molecule has 0 bridgehead atoms. The van der Waals surface area contributed by atoms with Gasteiger partial charge in [-0.05, 0) is 37.5 Å². The number of amides is 1. The molecule has 2 aliphatic heterocycles. The van der Waals surface area contributed by atoms with Crippen LogP contribution >= 0.6 is 0 Å². The molecule has 1 saturated heterocycles. The Labute approximate surface area is 223 Å². The average molecular weight is 540 g/mol. The largest absolute Gasteiger partial charge is 0.493 e. The summed E-state index contributed by atoms with van der Waals surface area (Å²) in [5.41, 5.74) is 5.81. The minimum atomic E-state index is -1.15. The van der Waals surface area contributed by atoms with Crippen LogP contribution in [0.5, 0.6) is 5.75 Å². The highest BCUT2D eigenvalue weighted by Crippen LogP contribution is 2.35. The molecular formula is C26H29F2N8O3+. The highest BCUT2D eigenvalue weighted by atomic mass is 19.2. The molecule has 1 unspecified atom stereocenters. The van der Waals surface area contributed by atoms with Crippen molar-refractivity contribution in [2.24, 2.45) is 16.1 Å². The van der Waals surface area contributed by atoms with Crippen LogP contribution in [0.2, 0.25) is 0 Å². The molecule has 1 fully saturated rings. The van der Waals surface area contributed by atoms with Gasteiger partial charge in [0.1, 0.15) is 17.9 Å². The van der Waals surface area contributed by atoms with Crippen molar-refractivity contribution in [3.8, 4) is 5.75 Å². The first-order chi connectivity index (χ1) is 18.8. The monoisotopic (exact) mass is 539 g/mol. The van der Waals surface area contributed by atoms with Gasteiger partial charge in [-0.1, -0.05) is 11.2 Å². The summed E-state index contributed by atoms with van der Waals surface area (Å²) >= 11 is 0. The van der Waals surface area contributed by atoms with E-state index in [9.17, 15) is 18.7 Å². The van der Waals surface area contributed by atoms with Crippen LogP contribution in [0.4, 0.5) is 20.3 Å². The predicted octanol–water partition coefficient (Wildman–Crippen LogP) is 3.22. The number of fused-ring (bicyclic) bond motifs is 1. The van der Waals surface area contributed by atoms with Gasteiger partial charge in [-0.3, -0.25) is 4.79 Å². The number of likely N-dealkylation sites (tertiary alicyclic amines) is 1. The van der Waals surface area contributed by atoms with E-state index in [0.717, 1.165) is 45.0 Å². The number of carbonyl (C=O) groups excluding carboxylic acids is 1. The Morgan fingerprint density at radius 1 is 1.21 bits per heavy atom. The Morgan fingerprint density at radius 3 is 2.82 bits per heavy atom. The zero-order chi connectivity index (χ0) is 27.4. The number of anilines is 1. The Morgan fingerprint density at radius 2 is 2.03 bits per heavy atom. The third-order valence-electron chi connectivity index (χ3n) is 6.69. The third-order valence-corrected chi connectivity index (χ3v) is 6.69. The van der Waals surface area contributed by atoms with Crippen molar-refractivity contribution in [3.05, 3.63) is 66.4 Å². The van der Waals surface area contributed by atoms with Gasteiger partial charge in [0.2, 0.25) is 17.3 Å². The summed E-state index contributed by atoms with van der Waals surface area (Å²) in [6.07, 6.45) is 5.05. The molecule has 1 atom stereocenters. The van der Waals surface area contributed by atoms with Crippen LogP contribution in [0, 0.1) is 11.6 Å². The maximum atomic E-state index is 14.6. The van der Waals surface area contributed by atoms with E-state index in [1.807, 2.05) is 12.1 Å². The van der Waals surface area contributed by atoms with Gasteiger partial charge in [-0.2, -0.15) is 4.39 Å². The minimum absolute atomic E-state index is 0.172. The number of nitrogens with zero attached hydrogens (tertiary/aromatic N) is 6. The summed E-state index contributed by atoms with van der Waals surface area (Å²) in [4.78, 5) is 22.7. The van der Waals surface area contributed by atoms with Crippen molar-refractivity contribution in [2.75, 3.05) is 38.1 Å². The van der Waals surface area contributed by atoms with Crippen molar-refractivity contribution in [3.63, 3.8) is 0 Å². The number of rotatable bonds is 10. The van der Waals surface area contributed by atoms with Crippen molar-refractivity contribution < 1.29 is 23.4 Å². The second-order valence-electron chi connectivity index (χ2n) is 9.53. The van der Waals surface area contributed by atoms with E-state index >= 15 is 0 Å². The molecule has 0 saturated carbocycles. The van der Waals surface area contributed by atoms with Gasteiger partial charge in [-0.15, -0.1) is 4.59 Å². The summed E-state index contributed by atoms with van der Waals surface area (Å²) in [5.74, 6) is -1.76. The van der Waals surface area contributed by atoms with Crippen LogP contribution in [0.25, 0.3) is 10.9 Å². The molecule has 5 rings (SSSR count). The molecule has 0 spiro atoms. The maximum Gasteiger partial charge on any atom is 0.276 e. The number of halogens is 2. The van der Waals surface area contributed by atoms with Gasteiger partial charge in [0.05, 0.1) is 18.2 Å². The lowest BCUT2D eigenvalue weighted by atomic mass is 10.1. The molecule has 0 radical (unpaired) electrons. The van der Waals surface area contributed by atoms with E-state index in [0.29, 0.717) is 29.1 Å². The molecule has 2 aliphatic rings. The summed E-state index contributed by atoms with van der Waals surface area (Å²) in [5, 5.41) is 21.4. The van der Waals surface area contributed by atoms with Gasteiger partial charge in [0.25, 0.3) is 5.91 Å². The van der Waals surface area contributed by atoms with Gasteiger partial charge in [0, 0.05) is 42.4 Å². The summed E-state index contributed by atoms with van der Waals surface area (Å²) in [7, 11) is 0. The molecule has 3 aromatic rings. The number of benzene rings is 2. The van der Waals surface area contributed by atoms with Gasteiger partial charge < -0.3 is 25.8 Å². The lowest BCUT2D eigenvalue weighted by molar-refractivity contribution is -0.118. The zero-order valence-electron chi connectivity index (χ0n) is 21.1. The van der Waals surface area contributed by atoms with E-state index in [2.05, 4.69) is 30.5 Å². The molecule has 1 aromatic heterocycles. The second-order valence-corrected chi connectivity index (χ2v) is 9.53. The Hall–Kier alpha value is -4.07. The van der Waals surface area contributed by atoms with Crippen LogP contribution in [0.1, 0.15) is 19.3 Å². The number of nitrogens with two attached hydrogens (primary N) is 1.